The molecule has 0 fully saturated rings. The lowest BCUT2D eigenvalue weighted by Crippen LogP contribution is -2.26. The highest BCUT2D eigenvalue weighted by atomic mass is 19.2. The van der Waals surface area contributed by atoms with Crippen LogP contribution in [-0.4, -0.2) is 14.4 Å². The molecule has 0 radical (unpaired) electrons. The summed E-state index contributed by atoms with van der Waals surface area (Å²) in [6, 6.07) is 12.7. The molecule has 0 amide bonds. The second-order valence-corrected chi connectivity index (χ2v) is 9.33. The fourth-order valence-electron chi connectivity index (χ4n) is 5.11. The fraction of sp³-hybridized carbons (Fsp3) is 0.321. The van der Waals surface area contributed by atoms with E-state index in [1.807, 2.05) is 39.2 Å². The second kappa shape index (κ2) is 7.62. The maximum Gasteiger partial charge on any atom is 0.331 e. The molecule has 0 atom stereocenters. The zero-order valence-electron chi connectivity index (χ0n) is 20.2. The van der Waals surface area contributed by atoms with Crippen molar-refractivity contribution in [2.75, 3.05) is 0 Å². The van der Waals surface area contributed by atoms with Crippen molar-refractivity contribution in [3.63, 3.8) is 0 Å². The lowest BCUT2D eigenvalue weighted by atomic mass is 9.75. The molecule has 0 aliphatic rings. The van der Waals surface area contributed by atoms with Crippen molar-refractivity contribution < 1.29 is 9.27 Å². The molecule has 3 heterocycles. The lowest BCUT2D eigenvalue weighted by molar-refractivity contribution is -0.825. The van der Waals surface area contributed by atoms with Crippen molar-refractivity contribution >= 4 is 27.3 Å². The number of imidazole rings is 1. The minimum atomic E-state index is -0.0808. The molecule has 0 bridgehead atoms. The van der Waals surface area contributed by atoms with E-state index in [9.17, 15) is 0 Å². The molecule has 5 rings (SSSR count). The smallest absolute Gasteiger partial charge is 0.241 e. The van der Waals surface area contributed by atoms with Gasteiger partial charge in [0, 0.05) is 47.1 Å². The van der Waals surface area contributed by atoms with Crippen molar-refractivity contribution in [2.24, 2.45) is 0 Å². The number of hydrogen-bond donors (Lipinski definition) is 0. The van der Waals surface area contributed by atoms with Crippen LogP contribution in [0.25, 0.3) is 38.4 Å². The van der Waals surface area contributed by atoms with E-state index < -0.39 is 0 Å². The molecule has 0 saturated carbocycles. The average molecular weight is 442 g/mol. The van der Waals surface area contributed by atoms with Gasteiger partial charge in [-0.25, -0.2) is 9.97 Å². The van der Waals surface area contributed by atoms with Gasteiger partial charge in [-0.2, -0.15) is 4.40 Å². The number of aryl methyl sites for hydroxylation is 2. The molecular formula is C28H30FN4+. The van der Waals surface area contributed by atoms with Crippen LogP contribution in [0.15, 0.2) is 48.8 Å². The molecular weight excluding hydrogens is 411 g/mol. The first-order valence-electron chi connectivity index (χ1n) is 11.7. The molecule has 2 aromatic carbocycles. The average Bonchev–Trinajstić information content (AvgIpc) is 3.07. The largest absolute Gasteiger partial charge is 0.331 e. The molecule has 0 unspecified atom stereocenters. The number of benzene rings is 2. The van der Waals surface area contributed by atoms with Crippen LogP contribution in [0.2, 0.25) is 0 Å². The maximum atomic E-state index is 15.9. The summed E-state index contributed by atoms with van der Waals surface area (Å²) in [6.45, 7) is 12.4. The van der Waals surface area contributed by atoms with Crippen LogP contribution in [0.4, 0.5) is 4.48 Å². The van der Waals surface area contributed by atoms with Crippen LogP contribution in [0.3, 0.4) is 0 Å². The van der Waals surface area contributed by atoms with E-state index >= 15 is 4.48 Å². The Labute approximate surface area is 193 Å². The summed E-state index contributed by atoms with van der Waals surface area (Å²) in [5.74, 6) is 0.732. The van der Waals surface area contributed by atoms with Crippen molar-refractivity contribution in [3.05, 3.63) is 71.6 Å². The minimum Gasteiger partial charge on any atom is -0.241 e. The first-order chi connectivity index (χ1) is 15.8. The normalized spacial score (nSPS) is 12.3. The highest BCUT2D eigenvalue weighted by Gasteiger charge is 2.33. The van der Waals surface area contributed by atoms with E-state index in [-0.39, 0.29) is 5.41 Å². The van der Waals surface area contributed by atoms with E-state index in [1.165, 1.54) is 5.56 Å². The highest BCUT2D eigenvalue weighted by Crippen LogP contribution is 2.44. The molecule has 168 valence electrons. The molecule has 0 saturated heterocycles. The number of halogens is 1. The second-order valence-electron chi connectivity index (χ2n) is 9.33. The van der Waals surface area contributed by atoms with E-state index in [0.717, 1.165) is 62.0 Å². The highest BCUT2D eigenvalue weighted by molar-refractivity contribution is 6.18. The molecule has 4 nitrogen and oxygen atoms in total. The Bertz CT molecular complexity index is 1530. The minimum absolute atomic E-state index is 0.0808. The Hall–Kier alpha value is -3.34. The molecule has 3 aromatic heterocycles. The molecule has 0 spiro atoms. The summed E-state index contributed by atoms with van der Waals surface area (Å²) < 4.78 is 18.0. The van der Waals surface area contributed by atoms with Crippen molar-refractivity contribution in [3.8, 4) is 11.1 Å². The number of aromatic nitrogens is 4. The Morgan fingerprint density at radius 3 is 2.27 bits per heavy atom. The Balaban J connectivity index is 2.13. The van der Waals surface area contributed by atoms with Crippen molar-refractivity contribution in [1.82, 2.24) is 14.4 Å². The van der Waals surface area contributed by atoms with Gasteiger partial charge in [0.1, 0.15) is 11.3 Å². The Morgan fingerprint density at radius 2 is 1.61 bits per heavy atom. The molecule has 0 aliphatic heterocycles. The molecule has 5 heteroatoms. The van der Waals surface area contributed by atoms with Crippen LogP contribution < -0.4 is 4.79 Å². The van der Waals surface area contributed by atoms with Gasteiger partial charge in [0.05, 0.1) is 5.39 Å². The van der Waals surface area contributed by atoms with Gasteiger partial charge in [0.2, 0.25) is 0 Å². The van der Waals surface area contributed by atoms with E-state index in [0.29, 0.717) is 11.3 Å². The maximum absolute atomic E-state index is 15.9. The van der Waals surface area contributed by atoms with Crippen LogP contribution in [0.5, 0.6) is 0 Å². The predicted octanol–water partition coefficient (Wildman–Crippen LogP) is 6.73. The van der Waals surface area contributed by atoms with Crippen molar-refractivity contribution in [2.45, 2.75) is 59.8 Å². The number of hydrogen-bond acceptors (Lipinski definition) is 2. The third-order valence-electron chi connectivity index (χ3n) is 7.70. The standard InChI is InChI=1S/C28H30FN4/c1-7-28(6,8-2)23-14-13-21(20-15-30-19(5)31-16-20)25-22-11-9-10-12-24(22)32-17(3)18(4)33(29)27(32)26(23)25/h9-16H,7-8H2,1-6H3/q+1. The first kappa shape index (κ1) is 21.5. The topological polar surface area (TPSA) is 34.1 Å². The van der Waals surface area contributed by atoms with Crippen LogP contribution in [0.1, 0.15) is 56.4 Å². The summed E-state index contributed by atoms with van der Waals surface area (Å²) >= 11 is 0. The number of para-hydroxylation sites is 1. The summed E-state index contributed by atoms with van der Waals surface area (Å²) in [6.07, 6.45) is 5.67. The van der Waals surface area contributed by atoms with Gasteiger partial charge in [-0.15, -0.1) is 0 Å². The quantitative estimate of drug-likeness (QED) is 0.290. The van der Waals surface area contributed by atoms with Gasteiger partial charge in [-0.05, 0) is 47.2 Å². The Morgan fingerprint density at radius 1 is 0.939 bits per heavy atom. The van der Waals surface area contributed by atoms with Crippen molar-refractivity contribution in [1.29, 1.82) is 0 Å². The Kier molecular flexibility index (Phi) is 4.96. The summed E-state index contributed by atoms with van der Waals surface area (Å²) in [5.41, 5.74) is 6.19. The summed E-state index contributed by atoms with van der Waals surface area (Å²) in [5, 5.41) is 3.13. The van der Waals surface area contributed by atoms with E-state index in [4.69, 9.17) is 0 Å². The molecule has 5 aromatic rings. The monoisotopic (exact) mass is 441 g/mol. The number of pyridine rings is 1. The van der Waals surface area contributed by atoms with E-state index in [1.54, 1.807) is 0 Å². The third-order valence-corrected chi connectivity index (χ3v) is 7.70. The van der Waals surface area contributed by atoms with Crippen LogP contribution in [0, 0.1) is 20.8 Å². The number of nitrogens with zero attached hydrogens (tertiary/aromatic N) is 4. The van der Waals surface area contributed by atoms with Crippen LogP contribution in [-0.2, 0) is 5.41 Å². The van der Waals surface area contributed by atoms with Gasteiger partial charge in [-0.1, -0.05) is 51.1 Å². The molecule has 0 aliphatic carbocycles. The lowest BCUT2D eigenvalue weighted by Gasteiger charge is -2.29. The van der Waals surface area contributed by atoms with Crippen LogP contribution >= 0.6 is 0 Å². The zero-order chi connectivity index (χ0) is 23.5. The fourth-order valence-corrected chi connectivity index (χ4v) is 5.11. The summed E-state index contributed by atoms with van der Waals surface area (Å²) in [7, 11) is 0. The van der Waals surface area contributed by atoms with Gasteiger partial charge >= 0.3 is 5.65 Å². The van der Waals surface area contributed by atoms with Gasteiger partial charge in [-0.3, -0.25) is 0 Å². The number of rotatable bonds is 4. The molecule has 33 heavy (non-hydrogen) atoms. The zero-order valence-corrected chi connectivity index (χ0v) is 20.2. The molecule has 0 N–H and O–H groups in total. The predicted molar refractivity (Wildman–Crippen MR) is 132 cm³/mol. The van der Waals surface area contributed by atoms with Gasteiger partial charge in [0.15, 0.2) is 11.4 Å². The van der Waals surface area contributed by atoms with Gasteiger partial charge < -0.3 is 0 Å². The first-order valence-corrected chi connectivity index (χ1v) is 11.7. The third kappa shape index (κ3) is 2.98. The SMILES string of the molecule is CCC(C)(CC)c1ccc(-c2cnc(C)nc2)c2c3ccccc3n3c(C)c(C)[n+](F)c3c12. The summed E-state index contributed by atoms with van der Waals surface area (Å²) in [4.78, 5) is 9.77. The van der Waals surface area contributed by atoms with Gasteiger partial charge in [0.25, 0.3) is 0 Å². The van der Waals surface area contributed by atoms with E-state index in [2.05, 4.69) is 65.5 Å². The number of fused-ring (bicyclic) bond motifs is 6.